The standard InChI is InChI=1S/C16H26N2O2/c1-5-17-13(3)11-16(19)18(6-2)12-14-7-9-15(20-4)10-8-14/h7-10,13,17H,5-6,11-12H2,1-4H3. The SMILES string of the molecule is CCNC(C)CC(=O)N(CC)Cc1ccc(OC)cc1. The van der Waals surface area contributed by atoms with Crippen molar-refractivity contribution in [2.75, 3.05) is 20.2 Å². The quantitative estimate of drug-likeness (QED) is 0.794. The number of carbonyl (C=O) groups excluding carboxylic acids is 1. The number of nitrogens with zero attached hydrogens (tertiary/aromatic N) is 1. The molecule has 4 nitrogen and oxygen atoms in total. The Balaban J connectivity index is 2.58. The predicted molar refractivity (Wildman–Crippen MR) is 81.8 cm³/mol. The van der Waals surface area contributed by atoms with Crippen LogP contribution in [0.5, 0.6) is 5.75 Å². The van der Waals surface area contributed by atoms with Crippen molar-refractivity contribution in [3.8, 4) is 5.75 Å². The maximum absolute atomic E-state index is 12.2. The van der Waals surface area contributed by atoms with Crippen molar-refractivity contribution in [1.82, 2.24) is 10.2 Å². The summed E-state index contributed by atoms with van der Waals surface area (Å²) in [4.78, 5) is 14.1. The van der Waals surface area contributed by atoms with Crippen molar-refractivity contribution in [3.63, 3.8) is 0 Å². The fourth-order valence-corrected chi connectivity index (χ4v) is 2.14. The van der Waals surface area contributed by atoms with Crippen LogP contribution < -0.4 is 10.1 Å². The first kappa shape index (κ1) is 16.5. The molecular weight excluding hydrogens is 252 g/mol. The summed E-state index contributed by atoms with van der Waals surface area (Å²) in [6, 6.07) is 8.08. The molecule has 1 amide bonds. The number of hydrogen-bond acceptors (Lipinski definition) is 3. The van der Waals surface area contributed by atoms with Crippen LogP contribution in [-0.4, -0.2) is 37.0 Å². The fourth-order valence-electron chi connectivity index (χ4n) is 2.14. The lowest BCUT2D eigenvalue weighted by atomic mass is 10.1. The summed E-state index contributed by atoms with van der Waals surface area (Å²) in [5.74, 6) is 1.03. The van der Waals surface area contributed by atoms with Gasteiger partial charge in [0, 0.05) is 25.6 Å². The highest BCUT2D eigenvalue weighted by atomic mass is 16.5. The van der Waals surface area contributed by atoms with E-state index in [9.17, 15) is 4.79 Å². The van der Waals surface area contributed by atoms with E-state index < -0.39 is 0 Å². The Bertz CT molecular complexity index is 403. The molecule has 1 N–H and O–H groups in total. The molecule has 0 saturated carbocycles. The summed E-state index contributed by atoms with van der Waals surface area (Å²) < 4.78 is 5.14. The van der Waals surface area contributed by atoms with E-state index in [2.05, 4.69) is 12.2 Å². The molecule has 0 spiro atoms. The van der Waals surface area contributed by atoms with E-state index in [1.165, 1.54) is 0 Å². The lowest BCUT2D eigenvalue weighted by Gasteiger charge is -2.23. The Labute approximate surface area is 122 Å². The van der Waals surface area contributed by atoms with Gasteiger partial charge in [-0.3, -0.25) is 4.79 Å². The van der Waals surface area contributed by atoms with Crippen LogP contribution in [0.4, 0.5) is 0 Å². The third-order valence-corrected chi connectivity index (χ3v) is 3.30. The zero-order chi connectivity index (χ0) is 15.0. The molecule has 1 atom stereocenters. The first-order valence-corrected chi connectivity index (χ1v) is 7.24. The number of methoxy groups -OCH3 is 1. The molecular formula is C16H26N2O2. The topological polar surface area (TPSA) is 41.6 Å². The average Bonchev–Trinajstić information content (AvgIpc) is 2.45. The minimum Gasteiger partial charge on any atom is -0.497 e. The molecule has 0 aliphatic heterocycles. The summed E-state index contributed by atoms with van der Waals surface area (Å²) >= 11 is 0. The van der Waals surface area contributed by atoms with E-state index in [0.717, 1.165) is 24.4 Å². The molecule has 0 fully saturated rings. The smallest absolute Gasteiger partial charge is 0.224 e. The Morgan fingerprint density at radius 3 is 2.45 bits per heavy atom. The highest BCUT2D eigenvalue weighted by Gasteiger charge is 2.15. The minimum atomic E-state index is 0.191. The van der Waals surface area contributed by atoms with Crippen LogP contribution in [0.1, 0.15) is 32.8 Å². The van der Waals surface area contributed by atoms with Gasteiger partial charge in [-0.15, -0.1) is 0 Å². The summed E-state index contributed by atoms with van der Waals surface area (Å²) in [6.45, 7) is 8.37. The number of amides is 1. The van der Waals surface area contributed by atoms with E-state index >= 15 is 0 Å². The van der Waals surface area contributed by atoms with Crippen LogP contribution >= 0.6 is 0 Å². The molecule has 0 bridgehead atoms. The van der Waals surface area contributed by atoms with Crippen LogP contribution in [0.3, 0.4) is 0 Å². The van der Waals surface area contributed by atoms with E-state index in [1.54, 1.807) is 7.11 Å². The molecule has 4 heteroatoms. The summed E-state index contributed by atoms with van der Waals surface area (Å²) in [6.07, 6.45) is 0.540. The molecule has 1 rings (SSSR count). The van der Waals surface area contributed by atoms with E-state index in [-0.39, 0.29) is 11.9 Å². The molecule has 0 radical (unpaired) electrons. The zero-order valence-corrected chi connectivity index (χ0v) is 13.0. The van der Waals surface area contributed by atoms with E-state index in [0.29, 0.717) is 13.0 Å². The average molecular weight is 278 g/mol. The van der Waals surface area contributed by atoms with Crippen molar-refractivity contribution in [2.45, 2.75) is 39.8 Å². The Kier molecular flexibility index (Phi) is 7.09. The van der Waals surface area contributed by atoms with Gasteiger partial charge >= 0.3 is 0 Å². The predicted octanol–water partition coefficient (Wildman–Crippen LogP) is 2.43. The highest BCUT2D eigenvalue weighted by molar-refractivity contribution is 5.76. The van der Waals surface area contributed by atoms with Gasteiger partial charge in [0.05, 0.1) is 7.11 Å². The molecule has 0 aromatic heterocycles. The Morgan fingerprint density at radius 2 is 1.95 bits per heavy atom. The number of nitrogens with one attached hydrogen (secondary N) is 1. The molecule has 1 aromatic carbocycles. The third kappa shape index (κ3) is 5.21. The van der Waals surface area contributed by atoms with Gasteiger partial charge in [-0.1, -0.05) is 19.1 Å². The molecule has 1 aromatic rings. The van der Waals surface area contributed by atoms with Gasteiger partial charge in [0.15, 0.2) is 0 Å². The maximum atomic E-state index is 12.2. The molecule has 20 heavy (non-hydrogen) atoms. The first-order chi connectivity index (χ1) is 9.60. The van der Waals surface area contributed by atoms with Crippen LogP contribution in [0.15, 0.2) is 24.3 Å². The molecule has 0 aliphatic rings. The highest BCUT2D eigenvalue weighted by Crippen LogP contribution is 2.13. The maximum Gasteiger partial charge on any atom is 0.224 e. The number of rotatable bonds is 8. The summed E-state index contributed by atoms with van der Waals surface area (Å²) in [5.41, 5.74) is 1.12. The second-order valence-electron chi connectivity index (χ2n) is 4.92. The molecule has 112 valence electrons. The van der Waals surface area contributed by atoms with Crippen LogP contribution in [0.25, 0.3) is 0 Å². The first-order valence-electron chi connectivity index (χ1n) is 7.24. The fraction of sp³-hybridized carbons (Fsp3) is 0.562. The lowest BCUT2D eigenvalue weighted by Crippen LogP contribution is -2.36. The summed E-state index contributed by atoms with van der Waals surface area (Å²) in [5, 5.41) is 3.27. The van der Waals surface area contributed by atoms with Gasteiger partial charge < -0.3 is 15.0 Å². The van der Waals surface area contributed by atoms with Crippen LogP contribution in [0, 0.1) is 0 Å². The molecule has 0 aliphatic carbocycles. The van der Waals surface area contributed by atoms with Crippen molar-refractivity contribution in [3.05, 3.63) is 29.8 Å². The van der Waals surface area contributed by atoms with Gasteiger partial charge in [0.2, 0.25) is 5.91 Å². The van der Waals surface area contributed by atoms with Crippen molar-refractivity contribution >= 4 is 5.91 Å². The Hall–Kier alpha value is -1.55. The minimum absolute atomic E-state index is 0.191. The monoisotopic (exact) mass is 278 g/mol. The van der Waals surface area contributed by atoms with Gasteiger partial charge in [0.25, 0.3) is 0 Å². The Morgan fingerprint density at radius 1 is 1.30 bits per heavy atom. The van der Waals surface area contributed by atoms with Crippen molar-refractivity contribution < 1.29 is 9.53 Å². The van der Waals surface area contributed by atoms with E-state index in [4.69, 9.17) is 4.74 Å². The molecule has 1 unspecified atom stereocenters. The largest absolute Gasteiger partial charge is 0.497 e. The van der Waals surface area contributed by atoms with E-state index in [1.807, 2.05) is 43.0 Å². The van der Waals surface area contributed by atoms with Gasteiger partial charge in [0.1, 0.15) is 5.75 Å². The molecule has 0 heterocycles. The summed E-state index contributed by atoms with van der Waals surface area (Å²) in [7, 11) is 1.65. The van der Waals surface area contributed by atoms with Gasteiger partial charge in [-0.2, -0.15) is 0 Å². The van der Waals surface area contributed by atoms with Crippen LogP contribution in [-0.2, 0) is 11.3 Å². The van der Waals surface area contributed by atoms with Gasteiger partial charge in [-0.25, -0.2) is 0 Å². The van der Waals surface area contributed by atoms with Gasteiger partial charge in [-0.05, 0) is 38.1 Å². The number of hydrogen-bond donors (Lipinski definition) is 1. The lowest BCUT2D eigenvalue weighted by molar-refractivity contribution is -0.132. The number of ether oxygens (including phenoxy) is 1. The third-order valence-electron chi connectivity index (χ3n) is 3.30. The second kappa shape index (κ2) is 8.59. The molecule has 0 saturated heterocycles. The van der Waals surface area contributed by atoms with Crippen LogP contribution in [0.2, 0.25) is 0 Å². The van der Waals surface area contributed by atoms with Crippen molar-refractivity contribution in [1.29, 1.82) is 0 Å². The van der Waals surface area contributed by atoms with Crippen molar-refractivity contribution in [2.24, 2.45) is 0 Å². The second-order valence-corrected chi connectivity index (χ2v) is 4.92. The normalized spacial score (nSPS) is 12.0. The zero-order valence-electron chi connectivity index (χ0n) is 13.0. The number of carbonyl (C=O) groups is 1. The number of benzene rings is 1.